The number of carbonyl (C=O) groups excluding carboxylic acids is 1. The van der Waals surface area contributed by atoms with E-state index >= 15 is 0 Å². The van der Waals surface area contributed by atoms with Crippen molar-refractivity contribution >= 4 is 5.78 Å². The van der Waals surface area contributed by atoms with Crippen LogP contribution < -0.4 is 9.47 Å². The lowest BCUT2D eigenvalue weighted by molar-refractivity contribution is 0.0919. The molecule has 0 radical (unpaired) electrons. The molecule has 0 unspecified atom stereocenters. The van der Waals surface area contributed by atoms with Crippen molar-refractivity contribution in [2.75, 3.05) is 13.7 Å². The Hall–Kier alpha value is -2.36. The van der Waals surface area contributed by atoms with Crippen LogP contribution in [0, 0.1) is 12.7 Å². The van der Waals surface area contributed by atoms with Crippen molar-refractivity contribution in [1.82, 2.24) is 0 Å². The zero-order valence-corrected chi connectivity index (χ0v) is 11.4. The van der Waals surface area contributed by atoms with E-state index in [0.29, 0.717) is 17.1 Å². The van der Waals surface area contributed by atoms with Crippen molar-refractivity contribution in [3.05, 3.63) is 59.4 Å². The van der Waals surface area contributed by atoms with E-state index in [4.69, 9.17) is 9.47 Å². The van der Waals surface area contributed by atoms with E-state index in [1.165, 1.54) is 24.3 Å². The fourth-order valence-electron chi connectivity index (χ4n) is 1.76. The van der Waals surface area contributed by atoms with E-state index in [2.05, 4.69) is 0 Å². The van der Waals surface area contributed by atoms with Crippen LogP contribution in [-0.2, 0) is 0 Å². The highest BCUT2D eigenvalue weighted by atomic mass is 19.1. The number of ketones is 1. The Labute approximate surface area is 117 Å². The summed E-state index contributed by atoms with van der Waals surface area (Å²) in [5.74, 6) is 0.501. The molecule has 4 heteroatoms. The topological polar surface area (TPSA) is 35.5 Å². The van der Waals surface area contributed by atoms with Gasteiger partial charge < -0.3 is 9.47 Å². The highest BCUT2D eigenvalue weighted by Gasteiger charge is 2.10. The molecule has 0 aromatic heterocycles. The number of rotatable bonds is 5. The third kappa shape index (κ3) is 3.35. The first-order chi connectivity index (χ1) is 9.60. The van der Waals surface area contributed by atoms with Gasteiger partial charge in [0.15, 0.2) is 23.9 Å². The molecule has 0 fully saturated rings. The van der Waals surface area contributed by atoms with Gasteiger partial charge in [-0.3, -0.25) is 4.79 Å². The lowest BCUT2D eigenvalue weighted by Crippen LogP contribution is -2.12. The van der Waals surface area contributed by atoms with Gasteiger partial charge in [-0.25, -0.2) is 4.39 Å². The fourth-order valence-corrected chi connectivity index (χ4v) is 1.76. The molecule has 0 aliphatic heterocycles. The second-order valence-corrected chi connectivity index (χ2v) is 4.37. The van der Waals surface area contributed by atoms with Crippen LogP contribution in [0.3, 0.4) is 0 Å². The molecule has 104 valence electrons. The number of Topliss-reactive ketones (excluding diaryl/α,β-unsaturated/α-hetero) is 1. The number of benzene rings is 2. The largest absolute Gasteiger partial charge is 0.493 e. The summed E-state index contributed by atoms with van der Waals surface area (Å²) in [6.45, 7) is 1.82. The van der Waals surface area contributed by atoms with Gasteiger partial charge in [0.2, 0.25) is 0 Å². The Morgan fingerprint density at radius 1 is 1.10 bits per heavy atom. The zero-order chi connectivity index (χ0) is 14.5. The molecule has 0 N–H and O–H groups in total. The van der Waals surface area contributed by atoms with E-state index in [0.717, 1.165) is 5.56 Å². The standard InChI is InChI=1S/C16H15FO3/c1-11-3-8-15(16(9-11)19-2)20-10-14(18)12-4-6-13(17)7-5-12/h3-9H,10H2,1-2H3. The van der Waals surface area contributed by atoms with E-state index in [1.54, 1.807) is 13.2 Å². The predicted molar refractivity (Wildman–Crippen MR) is 74.0 cm³/mol. The van der Waals surface area contributed by atoms with Gasteiger partial charge in [-0.05, 0) is 48.9 Å². The molecule has 2 rings (SSSR count). The van der Waals surface area contributed by atoms with Gasteiger partial charge in [0.05, 0.1) is 7.11 Å². The quantitative estimate of drug-likeness (QED) is 0.784. The van der Waals surface area contributed by atoms with Crippen molar-refractivity contribution in [2.45, 2.75) is 6.92 Å². The Bertz CT molecular complexity index is 606. The van der Waals surface area contributed by atoms with Crippen molar-refractivity contribution in [3.8, 4) is 11.5 Å². The highest BCUT2D eigenvalue weighted by molar-refractivity contribution is 5.97. The molecule has 0 bridgehead atoms. The van der Waals surface area contributed by atoms with Gasteiger partial charge >= 0.3 is 0 Å². The minimum absolute atomic E-state index is 0.120. The Morgan fingerprint density at radius 2 is 1.80 bits per heavy atom. The molecule has 0 aliphatic carbocycles. The molecule has 2 aromatic rings. The maximum absolute atomic E-state index is 12.8. The average Bonchev–Trinajstić information content (AvgIpc) is 2.46. The monoisotopic (exact) mass is 274 g/mol. The molecule has 0 atom stereocenters. The summed E-state index contributed by atoms with van der Waals surface area (Å²) < 4.78 is 23.4. The molecule has 0 saturated heterocycles. The minimum Gasteiger partial charge on any atom is -0.493 e. The lowest BCUT2D eigenvalue weighted by atomic mass is 10.1. The molecule has 0 saturated carbocycles. The Kier molecular flexibility index (Phi) is 4.35. The number of hydrogen-bond donors (Lipinski definition) is 0. The number of ether oxygens (including phenoxy) is 2. The summed E-state index contributed by atoms with van der Waals surface area (Å²) in [4.78, 5) is 11.9. The highest BCUT2D eigenvalue weighted by Crippen LogP contribution is 2.27. The van der Waals surface area contributed by atoms with Gasteiger partial charge in [0.25, 0.3) is 0 Å². The van der Waals surface area contributed by atoms with Crippen LogP contribution >= 0.6 is 0 Å². The number of halogens is 1. The first kappa shape index (κ1) is 14.1. The van der Waals surface area contributed by atoms with Gasteiger partial charge in [-0.2, -0.15) is 0 Å². The minimum atomic E-state index is -0.373. The normalized spacial score (nSPS) is 10.2. The Balaban J connectivity index is 2.05. The van der Waals surface area contributed by atoms with Gasteiger partial charge in [-0.1, -0.05) is 6.07 Å². The SMILES string of the molecule is COc1cc(C)ccc1OCC(=O)c1ccc(F)cc1. The van der Waals surface area contributed by atoms with E-state index < -0.39 is 0 Å². The van der Waals surface area contributed by atoms with Gasteiger partial charge in [-0.15, -0.1) is 0 Å². The van der Waals surface area contributed by atoms with Crippen LogP contribution in [0.15, 0.2) is 42.5 Å². The van der Waals surface area contributed by atoms with Gasteiger partial charge in [0, 0.05) is 5.56 Å². The first-order valence-electron chi connectivity index (χ1n) is 6.16. The van der Waals surface area contributed by atoms with Crippen LogP contribution in [0.2, 0.25) is 0 Å². The lowest BCUT2D eigenvalue weighted by Gasteiger charge is -2.10. The average molecular weight is 274 g/mol. The second kappa shape index (κ2) is 6.19. The van der Waals surface area contributed by atoms with Crippen LogP contribution in [-0.4, -0.2) is 19.5 Å². The van der Waals surface area contributed by atoms with Crippen LogP contribution in [0.1, 0.15) is 15.9 Å². The number of methoxy groups -OCH3 is 1. The molecular weight excluding hydrogens is 259 g/mol. The van der Waals surface area contributed by atoms with Crippen LogP contribution in [0.25, 0.3) is 0 Å². The number of carbonyl (C=O) groups is 1. The summed E-state index contributed by atoms with van der Waals surface area (Å²) in [7, 11) is 1.55. The first-order valence-corrected chi connectivity index (χ1v) is 6.16. The van der Waals surface area contributed by atoms with Crippen LogP contribution in [0.4, 0.5) is 4.39 Å². The molecule has 2 aromatic carbocycles. The van der Waals surface area contributed by atoms with E-state index in [-0.39, 0.29) is 18.2 Å². The summed E-state index contributed by atoms with van der Waals surface area (Å²) in [5, 5.41) is 0. The Morgan fingerprint density at radius 3 is 2.45 bits per heavy atom. The number of hydrogen-bond acceptors (Lipinski definition) is 3. The van der Waals surface area contributed by atoms with Crippen molar-refractivity contribution in [1.29, 1.82) is 0 Å². The maximum Gasteiger partial charge on any atom is 0.200 e. The van der Waals surface area contributed by atoms with Crippen molar-refractivity contribution in [2.24, 2.45) is 0 Å². The second-order valence-electron chi connectivity index (χ2n) is 4.37. The molecule has 0 amide bonds. The number of aryl methyl sites for hydroxylation is 1. The summed E-state index contributed by atoms with van der Waals surface area (Å²) in [6, 6.07) is 10.8. The summed E-state index contributed by atoms with van der Waals surface area (Å²) in [6.07, 6.45) is 0. The molecule has 0 aliphatic rings. The maximum atomic E-state index is 12.8. The molecule has 0 heterocycles. The van der Waals surface area contributed by atoms with Gasteiger partial charge in [0.1, 0.15) is 5.82 Å². The summed E-state index contributed by atoms with van der Waals surface area (Å²) >= 11 is 0. The zero-order valence-electron chi connectivity index (χ0n) is 11.4. The third-order valence-corrected chi connectivity index (χ3v) is 2.84. The summed E-state index contributed by atoms with van der Waals surface area (Å²) in [5.41, 5.74) is 1.46. The van der Waals surface area contributed by atoms with Crippen molar-refractivity contribution in [3.63, 3.8) is 0 Å². The van der Waals surface area contributed by atoms with Crippen molar-refractivity contribution < 1.29 is 18.7 Å². The predicted octanol–water partition coefficient (Wildman–Crippen LogP) is 3.40. The molecule has 0 spiro atoms. The molecule has 3 nitrogen and oxygen atoms in total. The van der Waals surface area contributed by atoms with E-state index in [9.17, 15) is 9.18 Å². The third-order valence-electron chi connectivity index (χ3n) is 2.84. The van der Waals surface area contributed by atoms with E-state index in [1.807, 2.05) is 19.1 Å². The molecular formula is C16H15FO3. The molecule has 20 heavy (non-hydrogen) atoms. The fraction of sp³-hybridized carbons (Fsp3) is 0.188. The van der Waals surface area contributed by atoms with Crippen LogP contribution in [0.5, 0.6) is 11.5 Å². The smallest absolute Gasteiger partial charge is 0.200 e.